The van der Waals surface area contributed by atoms with Crippen LogP contribution < -0.4 is 4.74 Å². The summed E-state index contributed by atoms with van der Waals surface area (Å²) in [5.41, 5.74) is 3.45. The van der Waals surface area contributed by atoms with Crippen LogP contribution in [-0.4, -0.2) is 23.4 Å². The lowest BCUT2D eigenvalue weighted by molar-refractivity contribution is -0.0344. The van der Waals surface area contributed by atoms with E-state index in [2.05, 4.69) is 22.5 Å². The highest BCUT2D eigenvalue weighted by Gasteiger charge is 2.24. The predicted octanol–water partition coefficient (Wildman–Crippen LogP) is 6.53. The summed E-state index contributed by atoms with van der Waals surface area (Å²) in [6.07, 6.45) is 6.24. The first-order valence-electron chi connectivity index (χ1n) is 11.8. The summed E-state index contributed by atoms with van der Waals surface area (Å²) in [5, 5.41) is 11.1. The Bertz CT molecular complexity index is 1390. The lowest BCUT2D eigenvalue weighted by Crippen LogP contribution is -2.30. The number of hydrogen-bond acceptors (Lipinski definition) is 4. The zero-order valence-electron chi connectivity index (χ0n) is 19.9. The van der Waals surface area contributed by atoms with Crippen LogP contribution in [0.5, 0.6) is 5.88 Å². The second kappa shape index (κ2) is 10.7. The summed E-state index contributed by atoms with van der Waals surface area (Å²) in [4.78, 5) is 5.79. The van der Waals surface area contributed by atoms with Gasteiger partial charge in [-0.1, -0.05) is 30.4 Å². The fourth-order valence-corrected chi connectivity index (χ4v) is 6.53. The summed E-state index contributed by atoms with van der Waals surface area (Å²) in [6.45, 7) is 2.77. The SMILES string of the molecule is Cc1cc(CC2=CC=C[SH]2CC2CCO2)c(F)cc1-c1cccc(OCc2ccc(C#N)cc2F)n1. The van der Waals surface area contributed by atoms with Gasteiger partial charge in [0.05, 0.1) is 23.4 Å². The van der Waals surface area contributed by atoms with Crippen molar-refractivity contribution < 1.29 is 18.3 Å². The molecule has 0 radical (unpaired) electrons. The summed E-state index contributed by atoms with van der Waals surface area (Å²) < 4.78 is 40.7. The van der Waals surface area contributed by atoms with Crippen LogP contribution in [0.15, 0.2) is 71.0 Å². The van der Waals surface area contributed by atoms with E-state index in [1.165, 1.54) is 23.1 Å². The van der Waals surface area contributed by atoms with Gasteiger partial charge in [-0.15, -0.1) is 0 Å². The van der Waals surface area contributed by atoms with Crippen molar-refractivity contribution in [1.82, 2.24) is 4.98 Å². The topological polar surface area (TPSA) is 55.1 Å². The third-order valence-electron chi connectivity index (χ3n) is 6.44. The van der Waals surface area contributed by atoms with Crippen LogP contribution in [0, 0.1) is 29.9 Å². The Hall–Kier alpha value is -3.47. The van der Waals surface area contributed by atoms with Crippen LogP contribution in [0.3, 0.4) is 0 Å². The second-order valence-corrected chi connectivity index (χ2v) is 11.1. The molecule has 0 aliphatic carbocycles. The van der Waals surface area contributed by atoms with Gasteiger partial charge < -0.3 is 9.47 Å². The van der Waals surface area contributed by atoms with Gasteiger partial charge in [-0.2, -0.15) is 5.26 Å². The Morgan fingerprint density at radius 3 is 2.72 bits per heavy atom. The molecule has 0 amide bonds. The number of aryl methyl sites for hydroxylation is 1. The van der Waals surface area contributed by atoms with Crippen molar-refractivity contribution in [3.05, 3.63) is 105 Å². The van der Waals surface area contributed by atoms with E-state index in [0.717, 1.165) is 24.3 Å². The fourth-order valence-electron chi connectivity index (χ4n) is 4.31. The number of thiol groups is 1. The first kappa shape index (κ1) is 24.2. The Kier molecular flexibility index (Phi) is 7.17. The molecule has 0 bridgehead atoms. The molecule has 0 saturated carbocycles. The molecule has 3 aromatic rings. The maximum Gasteiger partial charge on any atom is 0.214 e. The molecule has 2 aromatic carbocycles. The van der Waals surface area contributed by atoms with Gasteiger partial charge in [0.1, 0.15) is 18.2 Å². The number of halogens is 2. The molecule has 2 aliphatic rings. The molecule has 3 heterocycles. The molecule has 1 fully saturated rings. The number of allylic oxidation sites excluding steroid dienone is 3. The van der Waals surface area contributed by atoms with Gasteiger partial charge in [-0.25, -0.2) is 24.7 Å². The molecule has 2 unspecified atom stereocenters. The molecule has 7 heteroatoms. The minimum Gasteiger partial charge on any atom is -0.473 e. The molecule has 184 valence electrons. The zero-order valence-corrected chi connectivity index (χ0v) is 20.8. The molecule has 0 spiro atoms. The normalized spacial score (nSPS) is 19.4. The van der Waals surface area contributed by atoms with Gasteiger partial charge in [-0.3, -0.25) is 0 Å². The lowest BCUT2D eigenvalue weighted by atomic mass is 9.99. The summed E-state index contributed by atoms with van der Waals surface area (Å²) >= 11 is 0. The van der Waals surface area contributed by atoms with Crippen LogP contribution in [0.2, 0.25) is 0 Å². The minimum atomic E-state index is -0.504. The number of aromatic nitrogens is 1. The average Bonchev–Trinajstić information content (AvgIpc) is 3.29. The number of benzene rings is 2. The lowest BCUT2D eigenvalue weighted by Gasteiger charge is -2.31. The van der Waals surface area contributed by atoms with Gasteiger partial charge in [-0.05, 0) is 59.1 Å². The van der Waals surface area contributed by atoms with Crippen LogP contribution in [-0.2, 0) is 17.8 Å². The monoisotopic (exact) mass is 504 g/mol. The number of hydrogen-bond donors (Lipinski definition) is 1. The standard InChI is InChI=1S/C29H26F2N2O2S/c1-19-12-22(14-24-4-3-11-36(24)18-23-9-10-34-23)27(31)15-25(19)28-5-2-6-29(33-28)35-17-21-8-7-20(16-32)13-26(21)30/h2-8,11-13,15,23,36H,9-10,14,17-18H2,1H3. The van der Waals surface area contributed by atoms with Gasteiger partial charge in [0.25, 0.3) is 0 Å². The predicted molar refractivity (Wildman–Crippen MR) is 139 cm³/mol. The first-order chi connectivity index (χ1) is 17.5. The molecule has 4 nitrogen and oxygen atoms in total. The van der Waals surface area contributed by atoms with E-state index in [9.17, 15) is 4.39 Å². The molecule has 1 aromatic heterocycles. The van der Waals surface area contributed by atoms with E-state index in [1.807, 2.05) is 19.1 Å². The highest BCUT2D eigenvalue weighted by atomic mass is 32.2. The van der Waals surface area contributed by atoms with Crippen LogP contribution in [0.4, 0.5) is 8.78 Å². The Morgan fingerprint density at radius 2 is 1.97 bits per heavy atom. The van der Waals surface area contributed by atoms with Gasteiger partial charge in [0, 0.05) is 36.0 Å². The maximum absolute atomic E-state index is 15.2. The van der Waals surface area contributed by atoms with Crippen molar-refractivity contribution >= 4 is 10.9 Å². The maximum atomic E-state index is 15.2. The molecule has 1 saturated heterocycles. The van der Waals surface area contributed by atoms with Crippen molar-refractivity contribution in [2.24, 2.45) is 0 Å². The second-order valence-electron chi connectivity index (χ2n) is 8.94. The summed E-state index contributed by atoms with van der Waals surface area (Å²) in [6, 6.07) is 14.9. The number of pyridine rings is 1. The first-order valence-corrected chi connectivity index (χ1v) is 13.4. The van der Waals surface area contributed by atoms with Crippen LogP contribution in [0.25, 0.3) is 11.3 Å². The molecule has 2 aliphatic heterocycles. The van der Waals surface area contributed by atoms with E-state index < -0.39 is 16.7 Å². The fraction of sp³-hybridized carbons (Fsp3) is 0.241. The smallest absolute Gasteiger partial charge is 0.214 e. The largest absolute Gasteiger partial charge is 0.473 e. The van der Waals surface area contributed by atoms with Crippen LogP contribution >= 0.6 is 10.9 Å². The Balaban J connectivity index is 1.29. The average molecular weight is 505 g/mol. The number of nitriles is 1. The quantitative estimate of drug-likeness (QED) is 0.355. The van der Waals surface area contributed by atoms with E-state index in [0.29, 0.717) is 40.8 Å². The third kappa shape index (κ3) is 5.35. The highest BCUT2D eigenvalue weighted by molar-refractivity contribution is 8.23. The van der Waals surface area contributed by atoms with Crippen molar-refractivity contribution in [3.8, 4) is 23.2 Å². The van der Waals surface area contributed by atoms with Crippen LogP contribution in [0.1, 0.15) is 28.7 Å². The van der Waals surface area contributed by atoms with Crippen molar-refractivity contribution in [2.45, 2.75) is 32.5 Å². The molecule has 36 heavy (non-hydrogen) atoms. The van der Waals surface area contributed by atoms with E-state index in [4.69, 9.17) is 14.7 Å². The van der Waals surface area contributed by atoms with E-state index >= 15 is 4.39 Å². The molecule has 2 atom stereocenters. The van der Waals surface area contributed by atoms with Gasteiger partial charge in [0.15, 0.2) is 0 Å². The van der Waals surface area contributed by atoms with Crippen molar-refractivity contribution in [1.29, 1.82) is 5.26 Å². The molecule has 0 N–H and O–H groups in total. The van der Waals surface area contributed by atoms with E-state index in [1.54, 1.807) is 24.3 Å². The van der Waals surface area contributed by atoms with Gasteiger partial charge in [0.2, 0.25) is 5.88 Å². The minimum absolute atomic E-state index is 0.0295. The number of nitrogens with zero attached hydrogens (tertiary/aromatic N) is 2. The van der Waals surface area contributed by atoms with Gasteiger partial charge >= 0.3 is 0 Å². The zero-order chi connectivity index (χ0) is 25.1. The third-order valence-corrected chi connectivity index (χ3v) is 8.82. The van der Waals surface area contributed by atoms with Crippen molar-refractivity contribution in [2.75, 3.05) is 12.4 Å². The summed E-state index contributed by atoms with van der Waals surface area (Å²) in [5.74, 6) is 0.562. The number of ether oxygens (including phenoxy) is 2. The highest BCUT2D eigenvalue weighted by Crippen LogP contribution is 2.45. The Labute approximate surface area is 212 Å². The molecular weight excluding hydrogens is 478 g/mol. The Morgan fingerprint density at radius 1 is 1.14 bits per heavy atom. The van der Waals surface area contributed by atoms with E-state index in [-0.39, 0.29) is 18.0 Å². The number of rotatable bonds is 8. The molecular formula is C29H26F2N2O2S. The van der Waals surface area contributed by atoms with Crippen molar-refractivity contribution in [3.63, 3.8) is 0 Å². The summed E-state index contributed by atoms with van der Waals surface area (Å²) in [7, 11) is -0.416. The molecule has 5 rings (SSSR count).